The summed E-state index contributed by atoms with van der Waals surface area (Å²) in [6, 6.07) is 15.5. The van der Waals surface area contributed by atoms with Crippen LogP contribution in [0.4, 0.5) is 5.82 Å². The molecule has 0 radical (unpaired) electrons. The minimum absolute atomic E-state index is 0.175. The van der Waals surface area contributed by atoms with E-state index in [9.17, 15) is 5.11 Å². The monoisotopic (exact) mass is 349 g/mol. The van der Waals surface area contributed by atoms with Crippen molar-refractivity contribution < 1.29 is 9.84 Å². The Morgan fingerprint density at radius 2 is 1.85 bits per heavy atom. The van der Waals surface area contributed by atoms with Crippen molar-refractivity contribution in [2.75, 3.05) is 18.1 Å². The number of phenolic OH excluding ortho intramolecular Hbond substituents is 1. The SMILES string of the molecule is CCOc1cc(CCN(Cc2ccncc2)c2ccccn2)ccc1O. The molecule has 3 rings (SSSR count). The molecule has 0 amide bonds. The van der Waals surface area contributed by atoms with E-state index < -0.39 is 0 Å². The van der Waals surface area contributed by atoms with Gasteiger partial charge in [0.2, 0.25) is 0 Å². The van der Waals surface area contributed by atoms with Gasteiger partial charge in [-0.3, -0.25) is 4.98 Å². The van der Waals surface area contributed by atoms with Gasteiger partial charge in [0.1, 0.15) is 5.82 Å². The van der Waals surface area contributed by atoms with Crippen molar-refractivity contribution in [1.29, 1.82) is 0 Å². The van der Waals surface area contributed by atoms with Gasteiger partial charge in [-0.15, -0.1) is 0 Å². The topological polar surface area (TPSA) is 58.5 Å². The molecule has 3 aromatic rings. The highest BCUT2D eigenvalue weighted by Crippen LogP contribution is 2.27. The Bertz CT molecular complexity index is 810. The summed E-state index contributed by atoms with van der Waals surface area (Å²) in [4.78, 5) is 10.8. The Morgan fingerprint density at radius 1 is 1.00 bits per heavy atom. The lowest BCUT2D eigenvalue weighted by molar-refractivity contribution is 0.318. The molecular weight excluding hydrogens is 326 g/mol. The largest absolute Gasteiger partial charge is 0.504 e. The second-order valence-corrected chi connectivity index (χ2v) is 5.95. The summed E-state index contributed by atoms with van der Waals surface area (Å²) in [5, 5.41) is 9.86. The van der Waals surface area contributed by atoms with E-state index in [-0.39, 0.29) is 5.75 Å². The number of pyridine rings is 2. The van der Waals surface area contributed by atoms with Crippen LogP contribution in [0.25, 0.3) is 0 Å². The standard InChI is InChI=1S/C21H23N3O2/c1-2-26-20-15-17(6-7-19(20)25)10-14-24(21-5-3-4-11-23-21)16-18-8-12-22-13-9-18/h3-9,11-13,15,25H,2,10,14,16H2,1H3. The average molecular weight is 349 g/mol. The molecule has 0 unspecified atom stereocenters. The number of anilines is 1. The third-order valence-corrected chi connectivity index (χ3v) is 4.09. The van der Waals surface area contributed by atoms with Crippen molar-refractivity contribution >= 4 is 5.82 Å². The molecule has 5 heteroatoms. The van der Waals surface area contributed by atoms with Gasteiger partial charge in [-0.05, 0) is 60.9 Å². The Kier molecular flexibility index (Phi) is 6.04. The minimum atomic E-state index is 0.175. The number of ether oxygens (including phenoxy) is 1. The van der Waals surface area contributed by atoms with Crippen molar-refractivity contribution in [3.05, 3.63) is 78.2 Å². The number of aromatic nitrogens is 2. The predicted molar refractivity (Wildman–Crippen MR) is 103 cm³/mol. The predicted octanol–water partition coefficient (Wildman–Crippen LogP) is 3.83. The summed E-state index contributed by atoms with van der Waals surface area (Å²) >= 11 is 0. The van der Waals surface area contributed by atoms with Gasteiger partial charge in [-0.25, -0.2) is 4.98 Å². The number of rotatable bonds is 8. The zero-order valence-electron chi connectivity index (χ0n) is 14.9. The molecule has 0 saturated carbocycles. The first kappa shape index (κ1) is 17.7. The van der Waals surface area contributed by atoms with Crippen LogP contribution in [-0.4, -0.2) is 28.2 Å². The molecule has 0 saturated heterocycles. The van der Waals surface area contributed by atoms with E-state index in [2.05, 4.69) is 14.9 Å². The van der Waals surface area contributed by atoms with Crippen LogP contribution in [0.2, 0.25) is 0 Å². The van der Waals surface area contributed by atoms with Crippen LogP contribution in [0.3, 0.4) is 0 Å². The smallest absolute Gasteiger partial charge is 0.161 e. The number of hydrogen-bond donors (Lipinski definition) is 1. The summed E-state index contributed by atoms with van der Waals surface area (Å²) in [6.45, 7) is 3.99. The lowest BCUT2D eigenvalue weighted by Gasteiger charge is -2.24. The molecule has 134 valence electrons. The average Bonchev–Trinajstić information content (AvgIpc) is 2.69. The molecule has 0 aliphatic rings. The Morgan fingerprint density at radius 3 is 2.58 bits per heavy atom. The van der Waals surface area contributed by atoms with Crippen LogP contribution < -0.4 is 9.64 Å². The Balaban J connectivity index is 1.75. The van der Waals surface area contributed by atoms with Gasteiger partial charge in [0.05, 0.1) is 6.61 Å². The van der Waals surface area contributed by atoms with Crippen LogP contribution in [-0.2, 0) is 13.0 Å². The molecule has 1 aromatic carbocycles. The van der Waals surface area contributed by atoms with E-state index in [0.29, 0.717) is 12.4 Å². The summed E-state index contributed by atoms with van der Waals surface area (Å²) in [5.74, 6) is 1.64. The lowest BCUT2D eigenvalue weighted by Crippen LogP contribution is -2.26. The van der Waals surface area contributed by atoms with Crippen molar-refractivity contribution in [2.45, 2.75) is 19.9 Å². The first-order valence-corrected chi connectivity index (χ1v) is 8.76. The van der Waals surface area contributed by atoms with Gasteiger partial charge < -0.3 is 14.7 Å². The quantitative estimate of drug-likeness (QED) is 0.670. The van der Waals surface area contributed by atoms with Crippen molar-refractivity contribution in [1.82, 2.24) is 9.97 Å². The molecule has 26 heavy (non-hydrogen) atoms. The van der Waals surface area contributed by atoms with Crippen LogP contribution in [0.5, 0.6) is 11.5 Å². The first-order chi connectivity index (χ1) is 12.8. The van der Waals surface area contributed by atoms with Crippen LogP contribution in [0, 0.1) is 0 Å². The Hall–Kier alpha value is -3.08. The van der Waals surface area contributed by atoms with E-state index >= 15 is 0 Å². The molecule has 0 aliphatic heterocycles. The van der Waals surface area contributed by atoms with Gasteiger partial charge in [0, 0.05) is 31.7 Å². The van der Waals surface area contributed by atoms with Gasteiger partial charge in [0.15, 0.2) is 11.5 Å². The molecule has 0 bridgehead atoms. The summed E-state index contributed by atoms with van der Waals surface area (Å²) in [6.07, 6.45) is 6.24. The van der Waals surface area contributed by atoms with E-state index in [1.165, 1.54) is 5.56 Å². The number of benzene rings is 1. The molecule has 0 fully saturated rings. The van der Waals surface area contributed by atoms with E-state index in [4.69, 9.17) is 4.74 Å². The molecule has 0 spiro atoms. The highest BCUT2D eigenvalue weighted by atomic mass is 16.5. The zero-order valence-corrected chi connectivity index (χ0v) is 14.9. The minimum Gasteiger partial charge on any atom is -0.504 e. The van der Waals surface area contributed by atoms with E-state index in [0.717, 1.165) is 30.9 Å². The van der Waals surface area contributed by atoms with Crippen molar-refractivity contribution in [3.8, 4) is 11.5 Å². The number of aromatic hydroxyl groups is 1. The molecule has 5 nitrogen and oxygen atoms in total. The summed E-state index contributed by atoms with van der Waals surface area (Å²) < 4.78 is 5.48. The third kappa shape index (κ3) is 4.72. The number of nitrogens with zero attached hydrogens (tertiary/aromatic N) is 3. The van der Waals surface area contributed by atoms with E-state index in [1.54, 1.807) is 18.5 Å². The molecule has 2 aromatic heterocycles. The molecule has 1 N–H and O–H groups in total. The number of phenols is 1. The van der Waals surface area contributed by atoms with E-state index in [1.807, 2.05) is 55.6 Å². The number of hydrogen-bond acceptors (Lipinski definition) is 5. The van der Waals surface area contributed by atoms with Gasteiger partial charge in [-0.2, -0.15) is 0 Å². The highest BCUT2D eigenvalue weighted by molar-refractivity contribution is 5.43. The molecule has 0 aliphatic carbocycles. The van der Waals surface area contributed by atoms with Crippen molar-refractivity contribution in [3.63, 3.8) is 0 Å². The summed E-state index contributed by atoms with van der Waals surface area (Å²) in [7, 11) is 0. The van der Waals surface area contributed by atoms with Crippen LogP contribution in [0.1, 0.15) is 18.1 Å². The Labute approximate surface area is 153 Å². The van der Waals surface area contributed by atoms with Gasteiger partial charge in [0.25, 0.3) is 0 Å². The van der Waals surface area contributed by atoms with Crippen LogP contribution >= 0.6 is 0 Å². The second kappa shape index (κ2) is 8.85. The zero-order chi connectivity index (χ0) is 18.2. The fourth-order valence-corrected chi connectivity index (χ4v) is 2.77. The van der Waals surface area contributed by atoms with Gasteiger partial charge >= 0.3 is 0 Å². The highest BCUT2D eigenvalue weighted by Gasteiger charge is 2.10. The summed E-state index contributed by atoms with van der Waals surface area (Å²) in [5.41, 5.74) is 2.30. The molecule has 2 heterocycles. The lowest BCUT2D eigenvalue weighted by atomic mass is 10.1. The fourth-order valence-electron chi connectivity index (χ4n) is 2.77. The first-order valence-electron chi connectivity index (χ1n) is 8.76. The maximum absolute atomic E-state index is 9.86. The van der Waals surface area contributed by atoms with Crippen LogP contribution in [0.15, 0.2) is 67.1 Å². The van der Waals surface area contributed by atoms with Gasteiger partial charge in [-0.1, -0.05) is 12.1 Å². The normalized spacial score (nSPS) is 10.5. The molecule has 0 atom stereocenters. The maximum atomic E-state index is 9.86. The second-order valence-electron chi connectivity index (χ2n) is 5.95. The third-order valence-electron chi connectivity index (χ3n) is 4.09. The fraction of sp³-hybridized carbons (Fsp3) is 0.238. The maximum Gasteiger partial charge on any atom is 0.161 e. The molecular formula is C21H23N3O2. The van der Waals surface area contributed by atoms with Crippen molar-refractivity contribution in [2.24, 2.45) is 0 Å².